The fraction of sp³-hybridized carbons (Fsp3) is 0.133. The minimum atomic E-state index is -0.118. The summed E-state index contributed by atoms with van der Waals surface area (Å²) in [5, 5.41) is 1.87. The van der Waals surface area contributed by atoms with Crippen molar-refractivity contribution in [2.45, 2.75) is 6.42 Å². The van der Waals surface area contributed by atoms with Gasteiger partial charge in [0.2, 0.25) is 5.78 Å². The summed E-state index contributed by atoms with van der Waals surface area (Å²) >= 11 is 1.41. The van der Waals surface area contributed by atoms with Crippen molar-refractivity contribution >= 4 is 17.1 Å². The quantitative estimate of drug-likeness (QED) is 0.479. The Labute approximate surface area is 110 Å². The molecule has 0 aliphatic heterocycles. The molecule has 1 heterocycles. The minimum absolute atomic E-state index is 0.118. The van der Waals surface area contributed by atoms with Crippen molar-refractivity contribution in [1.82, 2.24) is 0 Å². The lowest BCUT2D eigenvalue weighted by Crippen LogP contribution is -1.91. The lowest BCUT2D eigenvalue weighted by atomic mass is 10.1. The Balaban J connectivity index is 2.01. The van der Waals surface area contributed by atoms with Gasteiger partial charge in [0, 0.05) is 6.42 Å². The van der Waals surface area contributed by atoms with Crippen LogP contribution in [0.2, 0.25) is 0 Å². The van der Waals surface area contributed by atoms with E-state index in [4.69, 9.17) is 4.74 Å². The van der Waals surface area contributed by atoms with Crippen LogP contribution in [0.25, 0.3) is 0 Å². The molecule has 0 spiro atoms. The predicted octanol–water partition coefficient (Wildman–Crippen LogP) is 3.19. The highest BCUT2D eigenvalue weighted by Gasteiger charge is 2.01. The van der Waals surface area contributed by atoms with E-state index in [2.05, 4.69) is 11.8 Å². The van der Waals surface area contributed by atoms with E-state index < -0.39 is 0 Å². The molecular formula is C15H12O2S. The third kappa shape index (κ3) is 3.22. The van der Waals surface area contributed by atoms with Crippen LogP contribution in [0.4, 0.5) is 0 Å². The maximum absolute atomic E-state index is 11.6. The first-order chi connectivity index (χ1) is 8.79. The molecule has 0 atom stereocenters. The summed E-state index contributed by atoms with van der Waals surface area (Å²) in [5.74, 6) is 6.23. The number of hydrogen-bond donors (Lipinski definition) is 0. The van der Waals surface area contributed by atoms with E-state index in [1.807, 2.05) is 35.7 Å². The molecule has 0 N–H and O–H groups in total. The molecule has 0 amide bonds. The molecule has 0 aliphatic carbocycles. The second kappa shape index (κ2) is 6.04. The topological polar surface area (TPSA) is 26.3 Å². The smallest absolute Gasteiger partial charge is 0.245 e. The van der Waals surface area contributed by atoms with Gasteiger partial charge in [-0.25, -0.2) is 0 Å². The van der Waals surface area contributed by atoms with Crippen LogP contribution in [-0.2, 0) is 6.42 Å². The number of carbonyl (C=O) groups is 1. The number of thiophene rings is 1. The van der Waals surface area contributed by atoms with E-state index in [0.717, 1.165) is 11.3 Å². The summed E-state index contributed by atoms with van der Waals surface area (Å²) in [6, 6.07) is 11.3. The average molecular weight is 256 g/mol. The fourth-order valence-electron chi connectivity index (χ4n) is 1.48. The predicted molar refractivity (Wildman–Crippen MR) is 73.1 cm³/mol. The molecule has 0 saturated heterocycles. The van der Waals surface area contributed by atoms with E-state index in [1.54, 1.807) is 13.2 Å². The van der Waals surface area contributed by atoms with Crippen LogP contribution in [-0.4, -0.2) is 12.9 Å². The summed E-state index contributed by atoms with van der Waals surface area (Å²) in [7, 11) is 1.63. The molecule has 0 radical (unpaired) electrons. The van der Waals surface area contributed by atoms with Crippen molar-refractivity contribution in [1.29, 1.82) is 0 Å². The molecule has 1 aromatic carbocycles. The second-order valence-electron chi connectivity index (χ2n) is 3.64. The Morgan fingerprint density at radius 3 is 2.94 bits per heavy atom. The molecule has 0 bridgehead atoms. The van der Waals surface area contributed by atoms with Gasteiger partial charge in [-0.3, -0.25) is 4.79 Å². The highest BCUT2D eigenvalue weighted by atomic mass is 32.1. The van der Waals surface area contributed by atoms with Gasteiger partial charge in [-0.15, -0.1) is 11.3 Å². The van der Waals surface area contributed by atoms with E-state index in [0.29, 0.717) is 11.3 Å². The van der Waals surface area contributed by atoms with Gasteiger partial charge in [0.25, 0.3) is 0 Å². The molecule has 18 heavy (non-hydrogen) atoms. The first-order valence-electron chi connectivity index (χ1n) is 5.49. The molecule has 0 aliphatic rings. The molecule has 90 valence electrons. The van der Waals surface area contributed by atoms with E-state index >= 15 is 0 Å². The Hall–Kier alpha value is -2.05. The third-order valence-corrected chi connectivity index (χ3v) is 3.24. The van der Waals surface area contributed by atoms with Gasteiger partial charge in [-0.05, 0) is 35.1 Å². The van der Waals surface area contributed by atoms with Gasteiger partial charge in [0.05, 0.1) is 12.0 Å². The van der Waals surface area contributed by atoms with Crippen LogP contribution in [0, 0.1) is 11.8 Å². The highest BCUT2D eigenvalue weighted by molar-refractivity contribution is 7.12. The SMILES string of the molecule is COc1cccc(CC#CC(=O)c2cccs2)c1. The standard InChI is InChI=1S/C15H12O2S/c1-17-13-7-2-5-12(11-13)6-3-8-14(16)15-9-4-10-18-15/h2,4-5,7,9-11H,6H2,1H3. The fourth-order valence-corrected chi connectivity index (χ4v) is 2.10. The van der Waals surface area contributed by atoms with Crippen molar-refractivity contribution in [3.05, 3.63) is 52.2 Å². The molecular weight excluding hydrogens is 244 g/mol. The van der Waals surface area contributed by atoms with Crippen molar-refractivity contribution in [2.75, 3.05) is 7.11 Å². The number of carbonyl (C=O) groups excluding carboxylic acids is 1. The molecule has 3 heteroatoms. The van der Waals surface area contributed by atoms with Crippen LogP contribution in [0.1, 0.15) is 15.2 Å². The van der Waals surface area contributed by atoms with Crippen LogP contribution >= 0.6 is 11.3 Å². The van der Waals surface area contributed by atoms with Gasteiger partial charge >= 0.3 is 0 Å². The molecule has 0 saturated carbocycles. The third-order valence-electron chi connectivity index (χ3n) is 2.37. The lowest BCUT2D eigenvalue weighted by molar-refractivity contribution is 0.106. The first kappa shape index (κ1) is 12.4. The molecule has 1 aromatic heterocycles. The van der Waals surface area contributed by atoms with Gasteiger partial charge in [-0.2, -0.15) is 0 Å². The van der Waals surface area contributed by atoms with Gasteiger partial charge in [-0.1, -0.05) is 24.1 Å². The number of ether oxygens (including phenoxy) is 1. The monoisotopic (exact) mass is 256 g/mol. The number of hydrogen-bond acceptors (Lipinski definition) is 3. The number of ketones is 1. The largest absolute Gasteiger partial charge is 0.497 e. The van der Waals surface area contributed by atoms with E-state index in [1.165, 1.54) is 11.3 Å². The zero-order valence-electron chi connectivity index (χ0n) is 9.97. The van der Waals surface area contributed by atoms with Crippen LogP contribution in [0.5, 0.6) is 5.75 Å². The summed E-state index contributed by atoms with van der Waals surface area (Å²) in [4.78, 5) is 12.3. The summed E-state index contributed by atoms with van der Waals surface area (Å²) in [6.45, 7) is 0. The summed E-state index contributed by atoms with van der Waals surface area (Å²) in [6.07, 6.45) is 0.550. The Kier molecular flexibility index (Phi) is 4.16. The minimum Gasteiger partial charge on any atom is -0.497 e. The number of methoxy groups -OCH3 is 1. The number of Topliss-reactive ketones (excluding diaryl/α,β-unsaturated/α-hetero) is 1. The van der Waals surface area contributed by atoms with Crippen LogP contribution in [0.3, 0.4) is 0 Å². The molecule has 2 rings (SSSR count). The Bertz CT molecular complexity index is 588. The molecule has 0 fully saturated rings. The zero-order chi connectivity index (χ0) is 12.8. The van der Waals surface area contributed by atoms with Gasteiger partial charge < -0.3 is 4.74 Å². The van der Waals surface area contributed by atoms with Crippen molar-refractivity contribution < 1.29 is 9.53 Å². The van der Waals surface area contributed by atoms with E-state index in [-0.39, 0.29) is 5.78 Å². The maximum atomic E-state index is 11.6. The molecule has 2 aromatic rings. The number of benzene rings is 1. The van der Waals surface area contributed by atoms with Crippen molar-refractivity contribution in [3.63, 3.8) is 0 Å². The highest BCUT2D eigenvalue weighted by Crippen LogP contribution is 2.12. The maximum Gasteiger partial charge on any atom is 0.245 e. The van der Waals surface area contributed by atoms with E-state index in [9.17, 15) is 4.79 Å². The Morgan fingerprint density at radius 2 is 2.22 bits per heavy atom. The molecule has 0 unspecified atom stereocenters. The van der Waals surface area contributed by atoms with Gasteiger partial charge in [0.1, 0.15) is 5.75 Å². The van der Waals surface area contributed by atoms with Gasteiger partial charge in [0.15, 0.2) is 0 Å². The van der Waals surface area contributed by atoms with Crippen LogP contribution < -0.4 is 4.74 Å². The zero-order valence-corrected chi connectivity index (χ0v) is 10.8. The summed E-state index contributed by atoms with van der Waals surface area (Å²) < 4.78 is 5.13. The van der Waals surface area contributed by atoms with Crippen LogP contribution in [0.15, 0.2) is 41.8 Å². The first-order valence-corrected chi connectivity index (χ1v) is 6.37. The summed E-state index contributed by atoms with van der Waals surface area (Å²) in [5.41, 5.74) is 1.04. The molecule has 2 nitrogen and oxygen atoms in total. The Morgan fingerprint density at radius 1 is 1.33 bits per heavy atom. The second-order valence-corrected chi connectivity index (χ2v) is 4.58. The van der Waals surface area contributed by atoms with Crippen molar-refractivity contribution in [3.8, 4) is 17.6 Å². The normalized spacial score (nSPS) is 9.39. The lowest BCUT2D eigenvalue weighted by Gasteiger charge is -2.00. The van der Waals surface area contributed by atoms with Crippen molar-refractivity contribution in [2.24, 2.45) is 0 Å². The average Bonchev–Trinajstić information content (AvgIpc) is 2.93. The number of rotatable bonds is 3.